The fourth-order valence-electron chi connectivity index (χ4n) is 2.87. The molecule has 0 unspecified atom stereocenters. The van der Waals surface area contributed by atoms with E-state index in [4.69, 9.17) is 16.7 Å². The second-order valence-electron chi connectivity index (χ2n) is 5.35. The summed E-state index contributed by atoms with van der Waals surface area (Å²) >= 11 is 5.96. The molecule has 6 nitrogen and oxygen atoms in total. The Balaban J connectivity index is 1.93. The number of nitrogens with zero attached hydrogens (tertiary/aromatic N) is 1. The van der Waals surface area contributed by atoms with Crippen LogP contribution in [0.3, 0.4) is 0 Å². The van der Waals surface area contributed by atoms with Crippen LogP contribution in [0.25, 0.3) is 0 Å². The van der Waals surface area contributed by atoms with Crippen molar-refractivity contribution >= 4 is 39.1 Å². The molecule has 2 amide bonds. The number of allylic oxidation sites excluding steroid dienone is 2. The molecule has 0 bridgehead atoms. The number of carbonyl (C=O) groups excluding carboxylic acids is 2. The van der Waals surface area contributed by atoms with Gasteiger partial charge in [-0.05, 0) is 37.1 Å². The Hall–Kier alpha value is -1.70. The maximum Gasteiger partial charge on any atom is 0.238 e. The molecule has 1 aromatic rings. The molecule has 1 aliphatic carbocycles. The van der Waals surface area contributed by atoms with Gasteiger partial charge in [-0.1, -0.05) is 17.7 Å². The van der Waals surface area contributed by atoms with E-state index >= 15 is 0 Å². The van der Waals surface area contributed by atoms with Crippen LogP contribution in [0.4, 0.5) is 5.69 Å². The van der Waals surface area contributed by atoms with Crippen molar-refractivity contribution in [3.05, 3.63) is 35.4 Å². The summed E-state index contributed by atoms with van der Waals surface area (Å²) in [6.07, 6.45) is 2.57. The first-order valence-corrected chi connectivity index (χ1v) is 8.56. The number of hydrogen-bond donors (Lipinski definition) is 1. The number of rotatable bonds is 2. The van der Waals surface area contributed by atoms with Gasteiger partial charge in [-0.3, -0.25) is 14.5 Å². The number of sulfonamides is 1. The van der Waals surface area contributed by atoms with Crippen LogP contribution < -0.4 is 10.0 Å². The van der Waals surface area contributed by atoms with E-state index in [0.29, 0.717) is 23.6 Å². The molecule has 1 saturated heterocycles. The van der Waals surface area contributed by atoms with Gasteiger partial charge in [-0.2, -0.15) is 0 Å². The molecule has 2 N–H and O–H groups in total. The number of fused-ring (bicyclic) bond motifs is 1. The topological polar surface area (TPSA) is 97.5 Å². The van der Waals surface area contributed by atoms with Crippen molar-refractivity contribution in [3.8, 4) is 0 Å². The van der Waals surface area contributed by atoms with Crippen LogP contribution in [0.5, 0.6) is 0 Å². The lowest BCUT2D eigenvalue weighted by Crippen LogP contribution is -2.30. The van der Waals surface area contributed by atoms with E-state index in [1.807, 2.05) is 0 Å². The molecule has 0 spiro atoms. The van der Waals surface area contributed by atoms with Crippen molar-refractivity contribution in [1.29, 1.82) is 0 Å². The number of halogens is 1. The molecule has 3 rings (SSSR count). The molecule has 0 aromatic heterocycles. The number of anilines is 1. The lowest BCUT2D eigenvalue weighted by atomic mass is 9.85. The molecule has 1 aliphatic heterocycles. The summed E-state index contributed by atoms with van der Waals surface area (Å²) in [7, 11) is -3.81. The van der Waals surface area contributed by atoms with E-state index in [9.17, 15) is 18.0 Å². The number of nitrogens with two attached hydrogens (primary N) is 1. The van der Waals surface area contributed by atoms with E-state index in [2.05, 4.69) is 0 Å². The molecule has 1 aromatic carbocycles. The van der Waals surface area contributed by atoms with Crippen LogP contribution >= 0.6 is 11.6 Å². The Labute approximate surface area is 132 Å². The molecule has 2 atom stereocenters. The van der Waals surface area contributed by atoms with Gasteiger partial charge < -0.3 is 0 Å². The summed E-state index contributed by atoms with van der Waals surface area (Å²) in [5, 5.41) is 5.62. The van der Waals surface area contributed by atoms with Gasteiger partial charge in [-0.25, -0.2) is 13.6 Å². The van der Waals surface area contributed by atoms with Gasteiger partial charge in [0.15, 0.2) is 0 Å². The minimum absolute atomic E-state index is 0.0718. The number of primary sulfonamides is 1. The van der Waals surface area contributed by atoms with Crippen molar-refractivity contribution in [2.45, 2.75) is 17.7 Å². The van der Waals surface area contributed by atoms with Crippen LogP contribution in [0.1, 0.15) is 12.8 Å². The number of benzene rings is 1. The third kappa shape index (κ3) is 2.45. The SMILES string of the molecule is NS(=O)(=O)c1ccc(N2C(=O)[C@H]3CC=C(Cl)C[C@@H]3C2=O)cc1. The molecular formula is C14H13ClN2O4S. The average molecular weight is 341 g/mol. The van der Waals surface area contributed by atoms with Gasteiger partial charge in [-0.15, -0.1) is 0 Å². The number of amides is 2. The Morgan fingerprint density at radius 2 is 1.68 bits per heavy atom. The van der Waals surface area contributed by atoms with Crippen LogP contribution in [0.15, 0.2) is 40.3 Å². The van der Waals surface area contributed by atoms with E-state index in [-0.39, 0.29) is 16.7 Å². The number of imide groups is 1. The highest BCUT2D eigenvalue weighted by Crippen LogP contribution is 2.40. The highest BCUT2D eigenvalue weighted by Gasteiger charge is 2.48. The minimum Gasteiger partial charge on any atom is -0.274 e. The van der Waals surface area contributed by atoms with Gasteiger partial charge in [0, 0.05) is 5.03 Å². The minimum atomic E-state index is -3.81. The zero-order valence-corrected chi connectivity index (χ0v) is 13.0. The number of carbonyl (C=O) groups is 2. The maximum atomic E-state index is 12.5. The zero-order chi connectivity index (χ0) is 16.1. The fraction of sp³-hybridized carbons (Fsp3) is 0.286. The van der Waals surface area contributed by atoms with Crippen LogP contribution in [-0.2, 0) is 19.6 Å². The molecule has 1 heterocycles. The molecule has 1 fully saturated rings. The second-order valence-corrected chi connectivity index (χ2v) is 7.40. The molecular weight excluding hydrogens is 328 g/mol. The Bertz CT molecular complexity index is 786. The van der Waals surface area contributed by atoms with Gasteiger partial charge in [0.25, 0.3) is 0 Å². The monoisotopic (exact) mass is 340 g/mol. The van der Waals surface area contributed by atoms with E-state index in [0.717, 1.165) is 4.90 Å². The Morgan fingerprint density at radius 1 is 1.09 bits per heavy atom. The molecule has 116 valence electrons. The Morgan fingerprint density at radius 3 is 2.27 bits per heavy atom. The summed E-state index contributed by atoms with van der Waals surface area (Å²) in [6, 6.07) is 5.36. The normalized spacial score (nSPS) is 25.2. The van der Waals surface area contributed by atoms with Crippen molar-refractivity contribution in [3.63, 3.8) is 0 Å². The molecule has 22 heavy (non-hydrogen) atoms. The molecule has 8 heteroatoms. The van der Waals surface area contributed by atoms with Gasteiger partial charge >= 0.3 is 0 Å². The van der Waals surface area contributed by atoms with E-state index < -0.39 is 21.9 Å². The zero-order valence-electron chi connectivity index (χ0n) is 11.4. The highest BCUT2D eigenvalue weighted by atomic mass is 35.5. The summed E-state index contributed by atoms with van der Waals surface area (Å²) in [5.41, 5.74) is 0.341. The van der Waals surface area contributed by atoms with Gasteiger partial charge in [0.2, 0.25) is 21.8 Å². The molecule has 2 aliphatic rings. The highest BCUT2D eigenvalue weighted by molar-refractivity contribution is 7.89. The number of hydrogen-bond acceptors (Lipinski definition) is 4. The summed E-state index contributed by atoms with van der Waals surface area (Å²) in [5.74, 6) is -1.42. The first-order chi connectivity index (χ1) is 10.3. The van der Waals surface area contributed by atoms with Crippen LogP contribution in [0.2, 0.25) is 0 Å². The van der Waals surface area contributed by atoms with Crippen LogP contribution in [-0.4, -0.2) is 20.2 Å². The molecule has 0 radical (unpaired) electrons. The predicted octanol–water partition coefficient (Wildman–Crippen LogP) is 1.36. The first-order valence-electron chi connectivity index (χ1n) is 6.64. The van der Waals surface area contributed by atoms with Gasteiger partial charge in [0.1, 0.15) is 0 Å². The maximum absolute atomic E-state index is 12.5. The first kappa shape index (κ1) is 15.2. The quantitative estimate of drug-likeness (QED) is 0.822. The third-order valence-electron chi connectivity index (χ3n) is 3.99. The van der Waals surface area contributed by atoms with Crippen molar-refractivity contribution in [1.82, 2.24) is 0 Å². The summed E-state index contributed by atoms with van der Waals surface area (Å²) < 4.78 is 22.5. The van der Waals surface area contributed by atoms with Crippen molar-refractivity contribution in [2.24, 2.45) is 17.0 Å². The molecule has 0 saturated carbocycles. The smallest absolute Gasteiger partial charge is 0.238 e. The van der Waals surface area contributed by atoms with E-state index in [1.54, 1.807) is 6.08 Å². The largest absolute Gasteiger partial charge is 0.274 e. The van der Waals surface area contributed by atoms with Crippen molar-refractivity contribution in [2.75, 3.05) is 4.90 Å². The third-order valence-corrected chi connectivity index (χ3v) is 5.23. The van der Waals surface area contributed by atoms with Crippen LogP contribution in [0, 0.1) is 11.8 Å². The predicted molar refractivity (Wildman–Crippen MR) is 80.5 cm³/mol. The van der Waals surface area contributed by atoms with Gasteiger partial charge in [0.05, 0.1) is 22.4 Å². The average Bonchev–Trinajstić information content (AvgIpc) is 2.70. The lowest BCUT2D eigenvalue weighted by molar-refractivity contribution is -0.122. The fourth-order valence-corrected chi connectivity index (χ4v) is 3.64. The lowest BCUT2D eigenvalue weighted by Gasteiger charge is -2.17. The summed E-state index contributed by atoms with van der Waals surface area (Å²) in [4.78, 5) is 25.9. The summed E-state index contributed by atoms with van der Waals surface area (Å²) in [6.45, 7) is 0. The van der Waals surface area contributed by atoms with Crippen molar-refractivity contribution < 1.29 is 18.0 Å². The standard InChI is InChI=1S/C14H13ClN2O4S/c15-8-1-6-11-12(7-8)14(19)17(13(11)18)9-2-4-10(5-3-9)22(16,20)21/h1-5,11-12H,6-7H2,(H2,16,20,21)/t11-,12-/m0/s1. The Kier molecular flexibility index (Phi) is 3.58. The second kappa shape index (κ2) is 5.19. The van der Waals surface area contributed by atoms with E-state index in [1.165, 1.54) is 24.3 Å².